The summed E-state index contributed by atoms with van der Waals surface area (Å²) in [5.74, 6) is 0.384. The molecule has 2 rings (SSSR count). The van der Waals surface area contributed by atoms with Gasteiger partial charge in [-0.1, -0.05) is 41.9 Å². The predicted molar refractivity (Wildman–Crippen MR) is 64.2 cm³/mol. The lowest BCUT2D eigenvalue weighted by atomic mass is 10.1. The van der Waals surface area contributed by atoms with E-state index >= 15 is 0 Å². The number of halogens is 2. The summed E-state index contributed by atoms with van der Waals surface area (Å²) in [7, 11) is 0. The second kappa shape index (κ2) is 4.65. The molecule has 1 nitrogen and oxygen atoms in total. The van der Waals surface area contributed by atoms with Crippen molar-refractivity contribution in [3.63, 3.8) is 0 Å². The molecule has 1 aromatic carbocycles. The molecule has 0 saturated carbocycles. The van der Waals surface area contributed by atoms with Crippen molar-refractivity contribution in [2.45, 2.75) is 5.88 Å². The Morgan fingerprint density at radius 1 is 1.13 bits per heavy atom. The van der Waals surface area contributed by atoms with Crippen LogP contribution in [-0.2, 0) is 5.88 Å². The van der Waals surface area contributed by atoms with Crippen LogP contribution in [0.2, 0.25) is 5.02 Å². The first-order chi connectivity index (χ1) is 7.31. The molecule has 0 amide bonds. The third kappa shape index (κ3) is 2.31. The summed E-state index contributed by atoms with van der Waals surface area (Å²) >= 11 is 11.8. The molecule has 1 heterocycles. The standard InChI is InChI=1S/C12H9Cl2N/c13-7-10-6-12(14)11(8-15-10)9-4-2-1-3-5-9/h1-6,8H,7H2. The van der Waals surface area contributed by atoms with Gasteiger partial charge in [-0.25, -0.2) is 0 Å². The van der Waals surface area contributed by atoms with Crippen LogP contribution in [0.4, 0.5) is 0 Å². The second-order valence-electron chi connectivity index (χ2n) is 3.16. The zero-order valence-corrected chi connectivity index (χ0v) is 9.46. The number of rotatable bonds is 2. The quantitative estimate of drug-likeness (QED) is 0.716. The van der Waals surface area contributed by atoms with Crippen LogP contribution in [0.1, 0.15) is 5.69 Å². The molecule has 0 aliphatic carbocycles. The molecule has 0 aliphatic heterocycles. The molecule has 0 spiro atoms. The van der Waals surface area contributed by atoms with E-state index in [4.69, 9.17) is 23.2 Å². The van der Waals surface area contributed by atoms with E-state index in [1.807, 2.05) is 30.3 Å². The average molecular weight is 238 g/mol. The number of hydrogen-bond acceptors (Lipinski definition) is 1. The summed E-state index contributed by atoms with van der Waals surface area (Å²) in [5, 5.41) is 0.687. The zero-order chi connectivity index (χ0) is 10.7. The van der Waals surface area contributed by atoms with Gasteiger partial charge in [0.25, 0.3) is 0 Å². The van der Waals surface area contributed by atoms with Crippen LogP contribution in [0.5, 0.6) is 0 Å². The van der Waals surface area contributed by atoms with Gasteiger partial charge in [-0.15, -0.1) is 11.6 Å². The summed E-state index contributed by atoms with van der Waals surface area (Å²) in [5.41, 5.74) is 2.80. The Labute approximate surface area is 98.7 Å². The molecular formula is C12H9Cl2N. The molecule has 0 aliphatic rings. The smallest absolute Gasteiger partial charge is 0.0647 e. The van der Waals surface area contributed by atoms with Crippen molar-refractivity contribution in [3.8, 4) is 11.1 Å². The van der Waals surface area contributed by atoms with Gasteiger partial charge in [-0.05, 0) is 11.6 Å². The SMILES string of the molecule is ClCc1cc(Cl)c(-c2ccccc2)cn1. The molecule has 76 valence electrons. The number of aromatic nitrogens is 1. The maximum absolute atomic E-state index is 6.14. The van der Waals surface area contributed by atoms with Gasteiger partial charge in [0, 0.05) is 11.8 Å². The van der Waals surface area contributed by atoms with E-state index in [0.29, 0.717) is 10.9 Å². The van der Waals surface area contributed by atoms with E-state index in [2.05, 4.69) is 4.98 Å². The first-order valence-corrected chi connectivity index (χ1v) is 5.48. The van der Waals surface area contributed by atoms with Crippen LogP contribution in [0.15, 0.2) is 42.6 Å². The molecule has 2 aromatic rings. The zero-order valence-electron chi connectivity index (χ0n) is 7.95. The normalized spacial score (nSPS) is 10.3. The van der Waals surface area contributed by atoms with Crippen LogP contribution in [-0.4, -0.2) is 4.98 Å². The Hall–Kier alpha value is -1.05. The van der Waals surface area contributed by atoms with Gasteiger partial charge < -0.3 is 0 Å². The number of nitrogens with zero attached hydrogens (tertiary/aromatic N) is 1. The van der Waals surface area contributed by atoms with E-state index < -0.39 is 0 Å². The van der Waals surface area contributed by atoms with Gasteiger partial charge >= 0.3 is 0 Å². The lowest BCUT2D eigenvalue weighted by molar-refractivity contribution is 1.17. The summed E-state index contributed by atoms with van der Waals surface area (Å²) in [6.07, 6.45) is 1.76. The van der Waals surface area contributed by atoms with Crippen molar-refractivity contribution < 1.29 is 0 Å². The monoisotopic (exact) mass is 237 g/mol. The Balaban J connectivity index is 2.46. The summed E-state index contributed by atoms with van der Waals surface area (Å²) in [6.45, 7) is 0. The van der Waals surface area contributed by atoms with Crippen LogP contribution in [0, 0.1) is 0 Å². The van der Waals surface area contributed by atoms with Crippen LogP contribution in [0.3, 0.4) is 0 Å². The molecule has 0 atom stereocenters. The van der Waals surface area contributed by atoms with Gasteiger partial charge in [0.2, 0.25) is 0 Å². The lowest BCUT2D eigenvalue weighted by Crippen LogP contribution is -1.87. The Morgan fingerprint density at radius 3 is 2.47 bits per heavy atom. The van der Waals surface area contributed by atoms with Gasteiger partial charge in [-0.3, -0.25) is 4.98 Å². The van der Waals surface area contributed by atoms with Crippen molar-refractivity contribution in [1.82, 2.24) is 4.98 Å². The van der Waals surface area contributed by atoms with Crippen molar-refractivity contribution >= 4 is 23.2 Å². The molecule has 0 bridgehead atoms. The fraction of sp³-hybridized carbons (Fsp3) is 0.0833. The maximum atomic E-state index is 6.14. The van der Waals surface area contributed by atoms with Crippen LogP contribution >= 0.6 is 23.2 Å². The Morgan fingerprint density at radius 2 is 1.87 bits per heavy atom. The van der Waals surface area contributed by atoms with Crippen molar-refractivity contribution in [1.29, 1.82) is 0 Å². The first kappa shape index (κ1) is 10.5. The van der Waals surface area contributed by atoms with E-state index in [1.54, 1.807) is 12.3 Å². The Kier molecular flexibility index (Phi) is 3.24. The minimum absolute atomic E-state index is 0.384. The molecule has 1 aromatic heterocycles. The minimum atomic E-state index is 0.384. The molecule has 0 N–H and O–H groups in total. The summed E-state index contributed by atoms with van der Waals surface area (Å²) < 4.78 is 0. The highest BCUT2D eigenvalue weighted by molar-refractivity contribution is 6.33. The lowest BCUT2D eigenvalue weighted by Gasteiger charge is -2.04. The van der Waals surface area contributed by atoms with E-state index in [9.17, 15) is 0 Å². The summed E-state index contributed by atoms with van der Waals surface area (Å²) in [6, 6.07) is 11.7. The second-order valence-corrected chi connectivity index (χ2v) is 3.83. The highest BCUT2D eigenvalue weighted by Gasteiger charge is 2.04. The first-order valence-electron chi connectivity index (χ1n) is 4.57. The fourth-order valence-electron chi connectivity index (χ4n) is 1.37. The molecule has 0 saturated heterocycles. The van der Waals surface area contributed by atoms with E-state index in [0.717, 1.165) is 16.8 Å². The predicted octanol–water partition coefficient (Wildman–Crippen LogP) is 4.14. The minimum Gasteiger partial charge on any atom is -0.259 e. The van der Waals surface area contributed by atoms with Crippen LogP contribution in [0.25, 0.3) is 11.1 Å². The van der Waals surface area contributed by atoms with E-state index in [1.165, 1.54) is 0 Å². The highest BCUT2D eigenvalue weighted by atomic mass is 35.5. The molecule has 0 unspecified atom stereocenters. The number of benzene rings is 1. The topological polar surface area (TPSA) is 12.9 Å². The molecule has 3 heteroatoms. The number of alkyl halides is 1. The van der Waals surface area contributed by atoms with Gasteiger partial charge in [0.05, 0.1) is 16.6 Å². The van der Waals surface area contributed by atoms with Gasteiger partial charge in [0.15, 0.2) is 0 Å². The van der Waals surface area contributed by atoms with Gasteiger partial charge in [0.1, 0.15) is 0 Å². The largest absolute Gasteiger partial charge is 0.259 e. The number of pyridine rings is 1. The molecule has 15 heavy (non-hydrogen) atoms. The van der Waals surface area contributed by atoms with Crippen LogP contribution < -0.4 is 0 Å². The average Bonchev–Trinajstić information content (AvgIpc) is 2.30. The van der Waals surface area contributed by atoms with Crippen molar-refractivity contribution in [2.75, 3.05) is 0 Å². The van der Waals surface area contributed by atoms with Gasteiger partial charge in [-0.2, -0.15) is 0 Å². The Bertz CT molecular complexity index is 454. The summed E-state index contributed by atoms with van der Waals surface area (Å²) in [4.78, 5) is 4.22. The molecular weight excluding hydrogens is 229 g/mol. The molecule has 0 fully saturated rings. The third-order valence-electron chi connectivity index (χ3n) is 2.13. The maximum Gasteiger partial charge on any atom is 0.0647 e. The highest BCUT2D eigenvalue weighted by Crippen LogP contribution is 2.27. The molecule has 0 radical (unpaired) electrons. The third-order valence-corrected chi connectivity index (χ3v) is 2.72. The van der Waals surface area contributed by atoms with Crippen molar-refractivity contribution in [3.05, 3.63) is 53.3 Å². The van der Waals surface area contributed by atoms with E-state index in [-0.39, 0.29) is 0 Å². The van der Waals surface area contributed by atoms with Crippen molar-refractivity contribution in [2.24, 2.45) is 0 Å². The fourth-order valence-corrected chi connectivity index (χ4v) is 1.80. The number of hydrogen-bond donors (Lipinski definition) is 0.